The molecule has 1 amide bonds. The number of pyridine rings is 1. The third kappa shape index (κ3) is 4.03. The Hall–Kier alpha value is -3.03. The number of H-pyrrole nitrogens is 1. The van der Waals surface area contributed by atoms with Crippen LogP contribution in [0.2, 0.25) is 0 Å². The van der Waals surface area contributed by atoms with Crippen molar-refractivity contribution < 1.29 is 4.79 Å². The molecule has 3 aliphatic rings. The summed E-state index contributed by atoms with van der Waals surface area (Å²) in [5, 5.41) is 12.9. The van der Waals surface area contributed by atoms with E-state index < -0.39 is 0 Å². The highest BCUT2D eigenvalue weighted by molar-refractivity contribution is 6.07. The Morgan fingerprint density at radius 2 is 1.97 bits per heavy atom. The van der Waals surface area contributed by atoms with E-state index in [0.717, 1.165) is 62.2 Å². The van der Waals surface area contributed by atoms with Crippen molar-refractivity contribution in [1.82, 2.24) is 30.3 Å². The van der Waals surface area contributed by atoms with Gasteiger partial charge in [0.15, 0.2) is 0 Å². The number of fused-ring (bicyclic) bond motifs is 5. The minimum Gasteiger partial charge on any atom is -0.325 e. The summed E-state index contributed by atoms with van der Waals surface area (Å²) in [6, 6.07) is 4.21. The molecule has 6 rings (SSSR count). The Labute approximate surface area is 199 Å². The Balaban J connectivity index is 1.21. The highest BCUT2D eigenvalue weighted by Gasteiger charge is 2.25. The van der Waals surface area contributed by atoms with E-state index in [-0.39, 0.29) is 11.8 Å². The molecule has 1 aromatic carbocycles. The van der Waals surface area contributed by atoms with Crippen LogP contribution in [0.15, 0.2) is 42.3 Å². The molecule has 0 saturated carbocycles. The summed E-state index contributed by atoms with van der Waals surface area (Å²) in [5.41, 5.74) is 7.14. The summed E-state index contributed by atoms with van der Waals surface area (Å²) in [4.78, 5) is 22.3. The molecule has 1 atom stereocenters. The molecule has 0 radical (unpaired) electrons. The topological polar surface area (TPSA) is 77.1 Å². The fourth-order valence-electron chi connectivity index (χ4n) is 5.71. The second kappa shape index (κ2) is 8.96. The summed E-state index contributed by atoms with van der Waals surface area (Å²) in [6.45, 7) is 4.40. The molecule has 2 N–H and O–H groups in total. The second-order valence-corrected chi connectivity index (χ2v) is 9.94. The van der Waals surface area contributed by atoms with E-state index in [2.05, 4.69) is 62.7 Å². The lowest BCUT2D eigenvalue weighted by Gasteiger charge is -2.31. The van der Waals surface area contributed by atoms with Crippen LogP contribution < -0.4 is 5.32 Å². The van der Waals surface area contributed by atoms with E-state index >= 15 is 0 Å². The van der Waals surface area contributed by atoms with Crippen LogP contribution >= 0.6 is 0 Å². The van der Waals surface area contributed by atoms with Crippen LogP contribution in [-0.4, -0.2) is 70.7 Å². The van der Waals surface area contributed by atoms with E-state index in [1.165, 1.54) is 40.4 Å². The highest BCUT2D eigenvalue weighted by atomic mass is 16.2. The van der Waals surface area contributed by atoms with Gasteiger partial charge in [-0.2, -0.15) is 5.10 Å². The van der Waals surface area contributed by atoms with Gasteiger partial charge in [0.2, 0.25) is 5.91 Å². The minimum atomic E-state index is 0.0734. The average molecular weight is 457 g/mol. The third-order valence-corrected chi connectivity index (χ3v) is 7.62. The Morgan fingerprint density at radius 3 is 2.76 bits per heavy atom. The molecule has 3 heterocycles. The lowest BCUT2D eigenvalue weighted by molar-refractivity contribution is -0.121. The first-order chi connectivity index (χ1) is 16.7. The maximum absolute atomic E-state index is 12.6. The van der Waals surface area contributed by atoms with Gasteiger partial charge in [-0.25, -0.2) is 0 Å². The second-order valence-electron chi connectivity index (χ2n) is 9.94. The van der Waals surface area contributed by atoms with Gasteiger partial charge in [0, 0.05) is 48.6 Å². The molecule has 2 aliphatic carbocycles. The minimum absolute atomic E-state index is 0.0734. The zero-order valence-electron chi connectivity index (χ0n) is 19.8. The van der Waals surface area contributed by atoms with E-state index in [4.69, 9.17) is 4.98 Å². The van der Waals surface area contributed by atoms with Crippen LogP contribution in [0.25, 0.3) is 21.8 Å². The van der Waals surface area contributed by atoms with Crippen molar-refractivity contribution in [3.63, 3.8) is 0 Å². The number of carbonyl (C=O) groups is 1. The maximum Gasteiger partial charge on any atom is 0.238 e. The first-order valence-corrected chi connectivity index (χ1v) is 12.5. The van der Waals surface area contributed by atoms with Crippen LogP contribution in [0.4, 0.5) is 0 Å². The van der Waals surface area contributed by atoms with E-state index in [9.17, 15) is 4.79 Å². The SMILES string of the molecule is CN1CCN(CC(=O)NC2=CCC(c3nc4ccc5[nH]ncc5c4c4c3CCCC4)C=C2)CC1. The highest BCUT2D eigenvalue weighted by Crippen LogP contribution is 2.38. The summed E-state index contributed by atoms with van der Waals surface area (Å²) in [5.74, 6) is 0.318. The van der Waals surface area contributed by atoms with Crippen molar-refractivity contribution in [3.8, 4) is 0 Å². The van der Waals surface area contributed by atoms with Crippen LogP contribution in [0, 0.1) is 0 Å². The largest absolute Gasteiger partial charge is 0.325 e. The van der Waals surface area contributed by atoms with Gasteiger partial charge < -0.3 is 10.2 Å². The van der Waals surface area contributed by atoms with Gasteiger partial charge in [0.25, 0.3) is 0 Å². The zero-order valence-corrected chi connectivity index (χ0v) is 19.8. The molecule has 7 nitrogen and oxygen atoms in total. The maximum atomic E-state index is 12.6. The summed E-state index contributed by atoms with van der Waals surface area (Å²) in [6.07, 6.45) is 13.9. The molecule has 34 heavy (non-hydrogen) atoms. The smallest absolute Gasteiger partial charge is 0.238 e. The Bertz CT molecular complexity index is 1300. The quantitative estimate of drug-likeness (QED) is 0.630. The molecule has 1 fully saturated rings. The molecule has 176 valence electrons. The normalized spacial score (nSPS) is 21.6. The molecule has 0 bridgehead atoms. The number of nitrogens with one attached hydrogen (secondary N) is 2. The molecule has 0 spiro atoms. The number of aryl methyl sites for hydroxylation is 1. The number of allylic oxidation sites excluding steroid dienone is 3. The monoisotopic (exact) mass is 456 g/mol. The first-order valence-electron chi connectivity index (χ1n) is 12.5. The first kappa shape index (κ1) is 21.5. The van der Waals surface area contributed by atoms with Crippen LogP contribution in [0.3, 0.4) is 0 Å². The number of hydrogen-bond donors (Lipinski definition) is 2. The Kier molecular flexibility index (Phi) is 5.67. The predicted molar refractivity (Wildman–Crippen MR) is 135 cm³/mol. The molecule has 2 aromatic heterocycles. The average Bonchev–Trinajstić information content (AvgIpc) is 3.34. The van der Waals surface area contributed by atoms with Crippen molar-refractivity contribution in [2.45, 2.75) is 38.0 Å². The lowest BCUT2D eigenvalue weighted by atomic mass is 9.82. The molecule has 3 aromatic rings. The number of nitrogens with zero attached hydrogens (tertiary/aromatic N) is 4. The number of aromatic amines is 1. The summed E-state index contributed by atoms with van der Waals surface area (Å²) >= 11 is 0. The van der Waals surface area contributed by atoms with Crippen molar-refractivity contribution in [2.75, 3.05) is 39.8 Å². The predicted octanol–water partition coefficient (Wildman–Crippen LogP) is 3.28. The molecule has 7 heteroatoms. The van der Waals surface area contributed by atoms with E-state index in [1.807, 2.05) is 6.20 Å². The third-order valence-electron chi connectivity index (χ3n) is 7.62. The Morgan fingerprint density at radius 1 is 1.15 bits per heavy atom. The molecular weight excluding hydrogens is 424 g/mol. The summed E-state index contributed by atoms with van der Waals surface area (Å²) in [7, 11) is 2.13. The van der Waals surface area contributed by atoms with Crippen molar-refractivity contribution >= 4 is 27.7 Å². The van der Waals surface area contributed by atoms with Gasteiger partial charge in [-0.3, -0.25) is 19.8 Å². The van der Waals surface area contributed by atoms with Gasteiger partial charge in [0.05, 0.1) is 29.5 Å². The van der Waals surface area contributed by atoms with Crippen LogP contribution in [0.5, 0.6) is 0 Å². The van der Waals surface area contributed by atoms with Gasteiger partial charge in [0.1, 0.15) is 0 Å². The fourth-order valence-corrected chi connectivity index (χ4v) is 5.71. The van der Waals surface area contributed by atoms with Gasteiger partial charge in [-0.15, -0.1) is 0 Å². The molecular formula is C27H32N6O. The number of aromatic nitrogens is 3. The lowest BCUT2D eigenvalue weighted by Crippen LogP contribution is -2.48. The standard InChI is InChI=1S/C27H32N6O/c1-32-12-14-33(15-13-32)17-25(34)29-19-8-6-18(7-9-19)27-21-5-3-2-4-20(21)26-22-16-28-31-23(22)10-11-24(26)30-27/h6,8-11,16,18H,2-5,7,12-15,17H2,1H3,(H,28,31)(H,29,34). The number of benzene rings is 1. The number of piperazine rings is 1. The number of likely N-dealkylation sites (N-methyl/N-ethyl adjacent to an activating group) is 1. The number of amides is 1. The van der Waals surface area contributed by atoms with Crippen molar-refractivity contribution in [2.24, 2.45) is 0 Å². The van der Waals surface area contributed by atoms with Crippen molar-refractivity contribution in [1.29, 1.82) is 0 Å². The zero-order chi connectivity index (χ0) is 23.1. The van der Waals surface area contributed by atoms with E-state index in [0.29, 0.717) is 6.54 Å². The van der Waals surface area contributed by atoms with Gasteiger partial charge >= 0.3 is 0 Å². The molecule has 1 saturated heterocycles. The summed E-state index contributed by atoms with van der Waals surface area (Å²) < 4.78 is 0. The molecule has 1 unspecified atom stereocenters. The van der Waals surface area contributed by atoms with Gasteiger partial charge in [-0.05, 0) is 68.5 Å². The molecule has 1 aliphatic heterocycles. The van der Waals surface area contributed by atoms with E-state index in [1.54, 1.807) is 0 Å². The number of hydrogen-bond acceptors (Lipinski definition) is 5. The fraction of sp³-hybridized carbons (Fsp3) is 0.444. The number of rotatable bonds is 4. The van der Waals surface area contributed by atoms with Crippen LogP contribution in [-0.2, 0) is 17.6 Å². The van der Waals surface area contributed by atoms with Crippen molar-refractivity contribution in [3.05, 3.63) is 59.1 Å². The van der Waals surface area contributed by atoms with Gasteiger partial charge in [-0.1, -0.05) is 12.2 Å². The number of carbonyl (C=O) groups excluding carboxylic acids is 1. The van der Waals surface area contributed by atoms with Crippen LogP contribution in [0.1, 0.15) is 42.0 Å².